The van der Waals surface area contributed by atoms with Gasteiger partial charge in [-0.05, 0) is 18.3 Å². The van der Waals surface area contributed by atoms with Crippen LogP contribution in [0, 0.1) is 5.41 Å². The molecule has 17 heavy (non-hydrogen) atoms. The van der Waals surface area contributed by atoms with E-state index in [0.29, 0.717) is 5.41 Å². The van der Waals surface area contributed by atoms with Crippen molar-refractivity contribution >= 4 is 17.5 Å². The van der Waals surface area contributed by atoms with Crippen LogP contribution in [0.15, 0.2) is 0 Å². The molecule has 0 saturated carbocycles. The molecule has 2 nitrogen and oxygen atoms in total. The van der Waals surface area contributed by atoms with Crippen LogP contribution in [-0.4, -0.2) is 18.3 Å². The van der Waals surface area contributed by atoms with E-state index < -0.39 is 0 Å². The first-order valence-electron chi connectivity index (χ1n) is 6.84. The Hall–Kier alpha value is -0.240. The number of hydrogen-bond donors (Lipinski definition) is 1. The van der Waals surface area contributed by atoms with E-state index in [4.69, 9.17) is 11.6 Å². The van der Waals surface area contributed by atoms with Gasteiger partial charge < -0.3 is 5.32 Å². The number of amides is 1. The molecule has 1 N–H and O–H groups in total. The van der Waals surface area contributed by atoms with Crippen LogP contribution in [0.4, 0.5) is 0 Å². The van der Waals surface area contributed by atoms with Crippen LogP contribution in [0.5, 0.6) is 0 Å². The third-order valence-corrected chi connectivity index (χ3v) is 3.45. The van der Waals surface area contributed by atoms with Crippen molar-refractivity contribution in [1.82, 2.24) is 5.32 Å². The highest BCUT2D eigenvalue weighted by molar-refractivity contribution is 6.27. The molecule has 0 aliphatic rings. The fourth-order valence-corrected chi connectivity index (χ4v) is 2.01. The van der Waals surface area contributed by atoms with E-state index in [1.54, 1.807) is 0 Å². The van der Waals surface area contributed by atoms with Gasteiger partial charge in [0.1, 0.15) is 5.88 Å². The average Bonchev–Trinajstić information content (AvgIpc) is 2.28. The van der Waals surface area contributed by atoms with Crippen molar-refractivity contribution in [3.8, 4) is 0 Å². The molecule has 0 saturated heterocycles. The molecule has 0 spiro atoms. The predicted octanol–water partition coefficient (Wildman–Crippen LogP) is 4.12. The van der Waals surface area contributed by atoms with E-state index in [0.717, 1.165) is 13.0 Å². The smallest absolute Gasteiger partial charge is 0.234 e. The van der Waals surface area contributed by atoms with E-state index in [1.807, 2.05) is 0 Å². The number of alkyl halides is 1. The first kappa shape index (κ1) is 16.8. The van der Waals surface area contributed by atoms with Crippen LogP contribution in [0.1, 0.15) is 65.7 Å². The molecular weight excluding hydrogens is 234 g/mol. The maximum atomic E-state index is 11.0. The minimum absolute atomic E-state index is 0.0644. The van der Waals surface area contributed by atoms with E-state index in [2.05, 4.69) is 26.1 Å². The Kier molecular flexibility index (Phi) is 9.62. The van der Waals surface area contributed by atoms with Gasteiger partial charge in [0.05, 0.1) is 0 Å². The maximum absolute atomic E-state index is 11.0. The fourth-order valence-electron chi connectivity index (χ4n) is 1.92. The quantitative estimate of drug-likeness (QED) is 0.465. The number of halogens is 1. The minimum Gasteiger partial charge on any atom is -0.355 e. The lowest BCUT2D eigenvalue weighted by atomic mass is 9.83. The highest BCUT2D eigenvalue weighted by Crippen LogP contribution is 2.27. The SMILES string of the molecule is CCCCCCCC(C)(C)CCNC(=O)CCl. The third kappa shape index (κ3) is 10.6. The molecule has 0 atom stereocenters. The fraction of sp³-hybridized carbons (Fsp3) is 0.929. The number of carbonyl (C=O) groups excluding carboxylic acids is 1. The van der Waals surface area contributed by atoms with Crippen LogP contribution in [0.25, 0.3) is 0 Å². The van der Waals surface area contributed by atoms with Gasteiger partial charge in [-0.2, -0.15) is 0 Å². The molecule has 3 heteroatoms. The van der Waals surface area contributed by atoms with Crippen molar-refractivity contribution in [2.45, 2.75) is 65.7 Å². The molecule has 0 unspecified atom stereocenters. The summed E-state index contributed by atoms with van der Waals surface area (Å²) < 4.78 is 0. The Labute approximate surface area is 111 Å². The first-order chi connectivity index (χ1) is 8.02. The maximum Gasteiger partial charge on any atom is 0.234 e. The molecule has 0 aliphatic carbocycles. The Morgan fingerprint density at radius 1 is 1.12 bits per heavy atom. The number of rotatable bonds is 10. The van der Waals surface area contributed by atoms with E-state index in [1.165, 1.54) is 38.5 Å². The summed E-state index contributed by atoms with van der Waals surface area (Å²) >= 11 is 5.42. The molecule has 0 heterocycles. The number of hydrogen-bond acceptors (Lipinski definition) is 1. The standard InChI is InChI=1S/C14H28ClNO/c1-4-5-6-7-8-9-14(2,3)10-11-16-13(17)12-15/h4-12H2,1-3H3,(H,16,17). The largest absolute Gasteiger partial charge is 0.355 e. The Balaban J connectivity index is 3.54. The Morgan fingerprint density at radius 3 is 2.35 bits per heavy atom. The van der Waals surface area contributed by atoms with Crippen LogP contribution in [0.3, 0.4) is 0 Å². The summed E-state index contributed by atoms with van der Waals surface area (Å²) in [7, 11) is 0. The lowest BCUT2D eigenvalue weighted by Crippen LogP contribution is -2.28. The first-order valence-corrected chi connectivity index (χ1v) is 7.38. The second kappa shape index (κ2) is 9.76. The highest BCUT2D eigenvalue weighted by atomic mass is 35.5. The van der Waals surface area contributed by atoms with Crippen molar-refractivity contribution in [2.75, 3.05) is 12.4 Å². The van der Waals surface area contributed by atoms with Gasteiger partial charge in [0.25, 0.3) is 0 Å². The van der Waals surface area contributed by atoms with Gasteiger partial charge in [0.2, 0.25) is 5.91 Å². The van der Waals surface area contributed by atoms with Crippen molar-refractivity contribution in [3.05, 3.63) is 0 Å². The predicted molar refractivity (Wildman–Crippen MR) is 75.5 cm³/mol. The van der Waals surface area contributed by atoms with Gasteiger partial charge in [0, 0.05) is 6.54 Å². The van der Waals surface area contributed by atoms with Gasteiger partial charge in [-0.3, -0.25) is 4.79 Å². The van der Waals surface area contributed by atoms with Gasteiger partial charge >= 0.3 is 0 Å². The van der Waals surface area contributed by atoms with Gasteiger partial charge in [-0.1, -0.05) is 52.9 Å². The van der Waals surface area contributed by atoms with E-state index in [-0.39, 0.29) is 11.8 Å². The summed E-state index contributed by atoms with van der Waals surface area (Å²) in [5.74, 6) is 0.00248. The number of nitrogens with one attached hydrogen (secondary N) is 1. The van der Waals surface area contributed by atoms with Gasteiger partial charge in [-0.15, -0.1) is 11.6 Å². The van der Waals surface area contributed by atoms with Crippen molar-refractivity contribution < 1.29 is 4.79 Å². The zero-order chi connectivity index (χ0) is 13.1. The molecule has 0 fully saturated rings. The van der Waals surface area contributed by atoms with E-state index >= 15 is 0 Å². The topological polar surface area (TPSA) is 29.1 Å². The second-order valence-corrected chi connectivity index (χ2v) is 5.83. The van der Waals surface area contributed by atoms with Crippen molar-refractivity contribution in [2.24, 2.45) is 5.41 Å². The summed E-state index contributed by atoms with van der Waals surface area (Å²) in [6.07, 6.45) is 8.92. The Morgan fingerprint density at radius 2 is 1.76 bits per heavy atom. The lowest BCUT2D eigenvalue weighted by Gasteiger charge is -2.24. The van der Waals surface area contributed by atoms with Crippen LogP contribution in [-0.2, 0) is 4.79 Å². The molecule has 102 valence electrons. The van der Waals surface area contributed by atoms with Crippen LogP contribution in [0.2, 0.25) is 0 Å². The number of carbonyl (C=O) groups is 1. The summed E-state index contributed by atoms with van der Waals surface area (Å²) in [4.78, 5) is 11.0. The van der Waals surface area contributed by atoms with Crippen molar-refractivity contribution in [3.63, 3.8) is 0 Å². The Bertz CT molecular complexity index is 204. The average molecular weight is 262 g/mol. The molecule has 0 aromatic heterocycles. The summed E-state index contributed by atoms with van der Waals surface area (Å²) in [6, 6.07) is 0. The molecule has 0 aliphatic heterocycles. The molecular formula is C14H28ClNO. The highest BCUT2D eigenvalue weighted by Gasteiger charge is 2.17. The van der Waals surface area contributed by atoms with Crippen LogP contribution >= 0.6 is 11.6 Å². The zero-order valence-electron chi connectivity index (χ0n) is 11.7. The number of unbranched alkanes of at least 4 members (excludes halogenated alkanes) is 4. The monoisotopic (exact) mass is 261 g/mol. The molecule has 1 amide bonds. The second-order valence-electron chi connectivity index (χ2n) is 5.56. The molecule has 0 bridgehead atoms. The van der Waals surface area contributed by atoms with E-state index in [9.17, 15) is 4.79 Å². The zero-order valence-corrected chi connectivity index (χ0v) is 12.4. The van der Waals surface area contributed by atoms with Crippen LogP contribution < -0.4 is 5.32 Å². The molecule has 0 aromatic rings. The minimum atomic E-state index is -0.0644. The molecule has 0 rings (SSSR count). The molecule has 0 aromatic carbocycles. The summed E-state index contributed by atoms with van der Waals surface area (Å²) in [5, 5.41) is 2.83. The van der Waals surface area contributed by atoms with Crippen molar-refractivity contribution in [1.29, 1.82) is 0 Å². The third-order valence-electron chi connectivity index (χ3n) is 3.20. The lowest BCUT2D eigenvalue weighted by molar-refractivity contribution is -0.118. The van der Waals surface area contributed by atoms with Gasteiger partial charge in [-0.25, -0.2) is 0 Å². The molecule has 0 radical (unpaired) electrons. The normalized spacial score (nSPS) is 11.5. The summed E-state index contributed by atoms with van der Waals surface area (Å²) in [5.41, 5.74) is 0.325. The van der Waals surface area contributed by atoms with Gasteiger partial charge in [0.15, 0.2) is 0 Å². The summed E-state index contributed by atoms with van der Waals surface area (Å²) in [6.45, 7) is 7.54.